The van der Waals surface area contributed by atoms with Crippen molar-refractivity contribution in [3.8, 4) is 5.75 Å². The van der Waals surface area contributed by atoms with Gasteiger partial charge in [-0.25, -0.2) is 0 Å². The van der Waals surface area contributed by atoms with Gasteiger partial charge in [-0.3, -0.25) is 4.79 Å². The van der Waals surface area contributed by atoms with Gasteiger partial charge < -0.3 is 20.1 Å². The molecule has 5 nitrogen and oxygen atoms in total. The smallest absolute Gasteiger partial charge is 0.258 e. The predicted molar refractivity (Wildman–Crippen MR) is 76.7 cm³/mol. The molecule has 1 amide bonds. The summed E-state index contributed by atoms with van der Waals surface area (Å²) in [6.07, 6.45) is 1.76. The summed E-state index contributed by atoms with van der Waals surface area (Å²) >= 11 is 0. The fourth-order valence-corrected chi connectivity index (χ4v) is 2.21. The number of carbonyl (C=O) groups is 1. The summed E-state index contributed by atoms with van der Waals surface area (Å²) < 4.78 is 10.8. The first-order valence-corrected chi connectivity index (χ1v) is 7.01. The first kappa shape index (κ1) is 14.8. The number of benzene rings is 1. The van der Waals surface area contributed by atoms with E-state index in [1.54, 1.807) is 0 Å². The van der Waals surface area contributed by atoms with Crippen molar-refractivity contribution in [2.75, 3.05) is 26.9 Å². The van der Waals surface area contributed by atoms with E-state index in [9.17, 15) is 4.79 Å². The van der Waals surface area contributed by atoms with Gasteiger partial charge in [0.2, 0.25) is 0 Å². The Labute approximate surface area is 119 Å². The molecule has 0 saturated carbocycles. The third-order valence-corrected chi connectivity index (χ3v) is 3.24. The Bertz CT molecular complexity index is 431. The molecule has 1 aromatic carbocycles. The van der Waals surface area contributed by atoms with Crippen molar-refractivity contribution in [1.29, 1.82) is 0 Å². The topological polar surface area (TPSA) is 59.6 Å². The summed E-state index contributed by atoms with van der Waals surface area (Å²) in [6, 6.07) is 7.97. The molecule has 20 heavy (non-hydrogen) atoms. The molecule has 1 heterocycles. The quantitative estimate of drug-likeness (QED) is 0.817. The van der Waals surface area contributed by atoms with Crippen LogP contribution < -0.4 is 15.4 Å². The van der Waals surface area contributed by atoms with Gasteiger partial charge in [0, 0.05) is 25.8 Å². The van der Waals surface area contributed by atoms with Crippen LogP contribution in [0.5, 0.6) is 5.75 Å². The van der Waals surface area contributed by atoms with Gasteiger partial charge in [-0.1, -0.05) is 12.1 Å². The van der Waals surface area contributed by atoms with Gasteiger partial charge >= 0.3 is 0 Å². The minimum atomic E-state index is -0.0732. The van der Waals surface area contributed by atoms with Crippen molar-refractivity contribution in [3.63, 3.8) is 0 Å². The maximum atomic E-state index is 11.8. The Kier molecular flexibility index (Phi) is 5.83. The van der Waals surface area contributed by atoms with E-state index in [2.05, 4.69) is 10.6 Å². The summed E-state index contributed by atoms with van der Waals surface area (Å²) in [5, 5.41) is 6.06. The van der Waals surface area contributed by atoms with Crippen molar-refractivity contribution in [2.24, 2.45) is 0 Å². The monoisotopic (exact) mass is 278 g/mol. The van der Waals surface area contributed by atoms with Crippen LogP contribution in [0.2, 0.25) is 0 Å². The van der Waals surface area contributed by atoms with Gasteiger partial charge in [0.1, 0.15) is 5.75 Å². The molecule has 0 bridgehead atoms. The number of rotatable bonds is 6. The van der Waals surface area contributed by atoms with Crippen LogP contribution in [0.15, 0.2) is 24.3 Å². The summed E-state index contributed by atoms with van der Waals surface area (Å²) in [4.78, 5) is 11.8. The first-order chi connectivity index (χ1) is 9.78. The fourth-order valence-electron chi connectivity index (χ4n) is 2.21. The molecule has 5 heteroatoms. The number of ether oxygens (including phenoxy) is 2. The van der Waals surface area contributed by atoms with Crippen LogP contribution in [0.25, 0.3) is 0 Å². The van der Waals surface area contributed by atoms with Crippen molar-refractivity contribution in [3.05, 3.63) is 29.8 Å². The molecule has 1 aliphatic rings. The summed E-state index contributed by atoms with van der Waals surface area (Å²) in [6.45, 7) is 2.28. The maximum absolute atomic E-state index is 11.8. The van der Waals surface area contributed by atoms with Crippen molar-refractivity contribution >= 4 is 5.91 Å². The van der Waals surface area contributed by atoms with Crippen LogP contribution in [0.3, 0.4) is 0 Å². The van der Waals surface area contributed by atoms with Crippen LogP contribution >= 0.6 is 0 Å². The average molecular weight is 278 g/mol. The zero-order chi connectivity index (χ0) is 14.2. The van der Waals surface area contributed by atoms with Gasteiger partial charge in [-0.2, -0.15) is 0 Å². The molecule has 1 fully saturated rings. The molecule has 0 spiro atoms. The van der Waals surface area contributed by atoms with Crippen molar-refractivity contribution < 1.29 is 14.3 Å². The second-order valence-electron chi connectivity index (χ2n) is 4.92. The Morgan fingerprint density at radius 3 is 2.95 bits per heavy atom. The third-order valence-electron chi connectivity index (χ3n) is 3.24. The highest BCUT2D eigenvalue weighted by Crippen LogP contribution is 2.13. The lowest BCUT2D eigenvalue weighted by Gasteiger charge is -2.23. The standard InChI is InChI=1S/C15H22N2O3/c1-16-10-12-3-2-4-14(9-12)20-11-15(18)17-13-5-7-19-8-6-13/h2-4,9,13,16H,5-8,10-11H2,1H3,(H,17,18). The Morgan fingerprint density at radius 2 is 2.20 bits per heavy atom. The number of hydrogen-bond donors (Lipinski definition) is 2. The van der Waals surface area contributed by atoms with Gasteiger partial charge in [0.25, 0.3) is 5.91 Å². The van der Waals surface area contributed by atoms with Crippen LogP contribution in [0.1, 0.15) is 18.4 Å². The minimum absolute atomic E-state index is 0.0559. The molecule has 2 rings (SSSR count). The van der Waals surface area contributed by atoms with E-state index in [1.165, 1.54) is 0 Å². The number of nitrogens with one attached hydrogen (secondary N) is 2. The maximum Gasteiger partial charge on any atom is 0.258 e. The predicted octanol–water partition coefficient (Wildman–Crippen LogP) is 1.08. The van der Waals surface area contributed by atoms with Crippen LogP contribution in [0.4, 0.5) is 0 Å². The molecule has 0 unspecified atom stereocenters. The number of carbonyl (C=O) groups excluding carboxylic acids is 1. The molecule has 1 saturated heterocycles. The van der Waals surface area contributed by atoms with E-state index in [0.29, 0.717) is 0 Å². The average Bonchev–Trinajstić information content (AvgIpc) is 2.47. The van der Waals surface area contributed by atoms with Gasteiger partial charge in [-0.05, 0) is 37.6 Å². The molecule has 1 aliphatic heterocycles. The third kappa shape index (κ3) is 4.83. The summed E-state index contributed by atoms with van der Waals surface area (Å²) in [5.74, 6) is 0.649. The second kappa shape index (κ2) is 7.87. The zero-order valence-corrected chi connectivity index (χ0v) is 11.9. The summed E-state index contributed by atoms with van der Waals surface area (Å²) in [5.41, 5.74) is 1.13. The normalized spacial score (nSPS) is 15.8. The van der Waals surface area contributed by atoms with Crippen LogP contribution in [-0.4, -0.2) is 38.8 Å². The first-order valence-electron chi connectivity index (χ1n) is 7.01. The van der Waals surface area contributed by atoms with Crippen LogP contribution in [0, 0.1) is 0 Å². The highest BCUT2D eigenvalue weighted by atomic mass is 16.5. The molecular formula is C15H22N2O3. The lowest BCUT2D eigenvalue weighted by atomic mass is 10.1. The summed E-state index contributed by atoms with van der Waals surface area (Å²) in [7, 11) is 1.90. The molecule has 0 aromatic heterocycles. The lowest BCUT2D eigenvalue weighted by Crippen LogP contribution is -2.41. The Morgan fingerprint density at radius 1 is 1.40 bits per heavy atom. The molecule has 2 N–H and O–H groups in total. The molecule has 0 aliphatic carbocycles. The van der Waals surface area contributed by atoms with E-state index in [0.717, 1.165) is 43.9 Å². The van der Waals surface area contributed by atoms with E-state index in [1.807, 2.05) is 31.3 Å². The Balaban J connectivity index is 1.76. The zero-order valence-electron chi connectivity index (χ0n) is 11.9. The van der Waals surface area contributed by atoms with E-state index >= 15 is 0 Å². The highest BCUT2D eigenvalue weighted by molar-refractivity contribution is 5.77. The number of hydrogen-bond acceptors (Lipinski definition) is 4. The number of amides is 1. The molecule has 0 radical (unpaired) electrons. The molecular weight excluding hydrogens is 256 g/mol. The van der Waals surface area contributed by atoms with E-state index in [4.69, 9.17) is 9.47 Å². The van der Waals surface area contributed by atoms with Crippen molar-refractivity contribution in [2.45, 2.75) is 25.4 Å². The SMILES string of the molecule is CNCc1cccc(OCC(=O)NC2CCOCC2)c1. The fraction of sp³-hybridized carbons (Fsp3) is 0.533. The largest absolute Gasteiger partial charge is 0.484 e. The second-order valence-corrected chi connectivity index (χ2v) is 4.92. The van der Waals surface area contributed by atoms with E-state index < -0.39 is 0 Å². The van der Waals surface area contributed by atoms with Gasteiger partial charge in [-0.15, -0.1) is 0 Å². The lowest BCUT2D eigenvalue weighted by molar-refractivity contribution is -0.124. The van der Waals surface area contributed by atoms with Crippen molar-refractivity contribution in [1.82, 2.24) is 10.6 Å². The van der Waals surface area contributed by atoms with Gasteiger partial charge in [0.15, 0.2) is 6.61 Å². The van der Waals surface area contributed by atoms with E-state index in [-0.39, 0.29) is 18.6 Å². The molecule has 0 atom stereocenters. The highest BCUT2D eigenvalue weighted by Gasteiger charge is 2.16. The molecule has 1 aromatic rings. The van der Waals surface area contributed by atoms with Crippen LogP contribution in [-0.2, 0) is 16.1 Å². The molecule has 110 valence electrons. The minimum Gasteiger partial charge on any atom is -0.484 e. The van der Waals surface area contributed by atoms with Gasteiger partial charge in [0.05, 0.1) is 0 Å². The Hall–Kier alpha value is -1.59.